The smallest absolute Gasteiger partial charge is 0.415 e. The molecule has 0 unspecified atom stereocenters. The molecule has 0 aliphatic carbocycles. The van der Waals surface area contributed by atoms with Crippen molar-refractivity contribution in [2.45, 2.75) is 25.6 Å². The van der Waals surface area contributed by atoms with Gasteiger partial charge in [0.15, 0.2) is 0 Å². The van der Waals surface area contributed by atoms with E-state index in [0.29, 0.717) is 0 Å². The van der Waals surface area contributed by atoms with Crippen LogP contribution < -0.4 is 0 Å². The lowest BCUT2D eigenvalue weighted by Gasteiger charge is -2.20. The molecule has 2 aromatic rings. The lowest BCUT2D eigenvalue weighted by Crippen LogP contribution is -2.28. The maximum atomic E-state index is 12.3. The summed E-state index contributed by atoms with van der Waals surface area (Å²) >= 11 is 0. The Morgan fingerprint density at radius 3 is 2.29 bits per heavy atom. The molecule has 2 heterocycles. The highest BCUT2D eigenvalue weighted by Crippen LogP contribution is 2.31. The van der Waals surface area contributed by atoms with E-state index in [1.165, 1.54) is 10.9 Å². The molecule has 0 amide bonds. The molecule has 5 nitrogen and oxygen atoms in total. The molecule has 17 heavy (non-hydrogen) atoms. The fraction of sp³-hybridized carbons (Fsp3) is 0.444. The first-order chi connectivity index (χ1) is 7.82. The Bertz CT molecular complexity index is 501. The van der Waals surface area contributed by atoms with Crippen LogP contribution in [0.1, 0.15) is 25.6 Å². The van der Waals surface area contributed by atoms with E-state index in [1.54, 1.807) is 26.1 Å². The van der Waals surface area contributed by atoms with Crippen molar-refractivity contribution in [3.63, 3.8) is 0 Å². The van der Waals surface area contributed by atoms with Crippen LogP contribution in [-0.2, 0) is 11.7 Å². The molecule has 0 aliphatic rings. The number of alkyl halides is 3. The Morgan fingerprint density at radius 1 is 1.18 bits per heavy atom. The second-order valence-corrected chi connectivity index (χ2v) is 3.92. The third kappa shape index (κ3) is 2.02. The van der Waals surface area contributed by atoms with Gasteiger partial charge in [0, 0.05) is 12.4 Å². The van der Waals surface area contributed by atoms with Crippen LogP contribution in [0.25, 0.3) is 0 Å². The molecular formula is C9H9F3N4O. The van der Waals surface area contributed by atoms with E-state index in [9.17, 15) is 13.2 Å². The van der Waals surface area contributed by atoms with Crippen LogP contribution in [0.2, 0.25) is 0 Å². The van der Waals surface area contributed by atoms with Gasteiger partial charge in [0.1, 0.15) is 5.54 Å². The van der Waals surface area contributed by atoms with Gasteiger partial charge in [-0.15, -0.1) is 10.2 Å². The summed E-state index contributed by atoms with van der Waals surface area (Å²) in [5.74, 6) is -1.50. The Labute approximate surface area is 94.3 Å². The topological polar surface area (TPSA) is 56.7 Å². The van der Waals surface area contributed by atoms with Gasteiger partial charge in [0.25, 0.3) is 0 Å². The van der Waals surface area contributed by atoms with Crippen LogP contribution in [0.5, 0.6) is 0 Å². The monoisotopic (exact) mass is 246 g/mol. The average Bonchev–Trinajstić information content (AvgIpc) is 2.89. The predicted octanol–water partition coefficient (Wildman–Crippen LogP) is 2.07. The molecule has 2 aromatic heterocycles. The SMILES string of the molecule is CC(C)(c1nnc(C(F)(F)F)o1)n1cccn1. The standard InChI is InChI=1S/C9H9F3N4O/c1-8(2,16-5-3-4-13-16)6-14-15-7(17-6)9(10,11)12/h3-5H,1-2H3. The number of aromatic nitrogens is 4. The fourth-order valence-corrected chi connectivity index (χ4v) is 1.28. The summed E-state index contributed by atoms with van der Waals surface area (Å²) < 4.78 is 43.0. The summed E-state index contributed by atoms with van der Waals surface area (Å²) in [7, 11) is 0. The lowest BCUT2D eigenvalue weighted by atomic mass is 10.1. The quantitative estimate of drug-likeness (QED) is 0.813. The van der Waals surface area contributed by atoms with Gasteiger partial charge in [0.2, 0.25) is 5.89 Å². The number of halogens is 3. The molecule has 0 saturated heterocycles. The number of hydrogen-bond acceptors (Lipinski definition) is 4. The number of hydrogen-bond donors (Lipinski definition) is 0. The Balaban J connectivity index is 2.38. The van der Waals surface area contributed by atoms with Crippen molar-refractivity contribution in [1.82, 2.24) is 20.0 Å². The number of rotatable bonds is 2. The molecule has 0 aliphatic heterocycles. The van der Waals surface area contributed by atoms with Crippen LogP contribution in [0.4, 0.5) is 13.2 Å². The zero-order valence-corrected chi connectivity index (χ0v) is 9.06. The van der Waals surface area contributed by atoms with Gasteiger partial charge < -0.3 is 4.42 Å². The van der Waals surface area contributed by atoms with Crippen molar-refractivity contribution in [2.75, 3.05) is 0 Å². The minimum atomic E-state index is -4.63. The summed E-state index contributed by atoms with van der Waals surface area (Å²) in [6.07, 6.45) is -1.51. The highest BCUT2D eigenvalue weighted by atomic mass is 19.4. The van der Waals surface area contributed by atoms with E-state index in [4.69, 9.17) is 0 Å². The van der Waals surface area contributed by atoms with Gasteiger partial charge in [0.05, 0.1) is 0 Å². The van der Waals surface area contributed by atoms with Crippen molar-refractivity contribution in [1.29, 1.82) is 0 Å². The Morgan fingerprint density at radius 2 is 1.82 bits per heavy atom. The van der Waals surface area contributed by atoms with Gasteiger partial charge >= 0.3 is 12.1 Å². The van der Waals surface area contributed by atoms with Crippen molar-refractivity contribution in [3.05, 3.63) is 30.2 Å². The molecule has 8 heteroatoms. The molecule has 0 radical (unpaired) electrons. The van der Waals surface area contributed by atoms with Gasteiger partial charge in [-0.25, -0.2) is 0 Å². The second kappa shape index (κ2) is 3.57. The average molecular weight is 246 g/mol. The van der Waals surface area contributed by atoms with E-state index in [-0.39, 0.29) is 5.89 Å². The van der Waals surface area contributed by atoms with Crippen LogP contribution in [0.3, 0.4) is 0 Å². The Hall–Kier alpha value is -1.86. The van der Waals surface area contributed by atoms with Gasteiger partial charge in [-0.1, -0.05) is 0 Å². The van der Waals surface area contributed by atoms with E-state index in [2.05, 4.69) is 19.7 Å². The summed E-state index contributed by atoms with van der Waals surface area (Å²) in [6.45, 7) is 3.27. The van der Waals surface area contributed by atoms with Crippen molar-refractivity contribution in [3.8, 4) is 0 Å². The highest BCUT2D eigenvalue weighted by Gasteiger charge is 2.40. The molecule has 0 spiro atoms. The lowest BCUT2D eigenvalue weighted by molar-refractivity contribution is -0.158. The van der Waals surface area contributed by atoms with Gasteiger partial charge in [-0.3, -0.25) is 4.68 Å². The first-order valence-electron chi connectivity index (χ1n) is 4.73. The predicted molar refractivity (Wildman–Crippen MR) is 50.0 cm³/mol. The van der Waals surface area contributed by atoms with Crippen LogP contribution in [-0.4, -0.2) is 20.0 Å². The maximum Gasteiger partial charge on any atom is 0.470 e. The molecule has 92 valence electrons. The van der Waals surface area contributed by atoms with E-state index >= 15 is 0 Å². The first-order valence-corrected chi connectivity index (χ1v) is 4.73. The van der Waals surface area contributed by atoms with E-state index in [0.717, 1.165) is 0 Å². The molecule has 0 fully saturated rings. The normalized spacial score (nSPS) is 13.0. The van der Waals surface area contributed by atoms with E-state index < -0.39 is 17.6 Å². The minimum absolute atomic E-state index is 0.145. The largest absolute Gasteiger partial charge is 0.470 e. The van der Waals surface area contributed by atoms with Crippen LogP contribution >= 0.6 is 0 Å². The first kappa shape index (κ1) is 11.6. The molecule has 0 bridgehead atoms. The van der Waals surface area contributed by atoms with Crippen molar-refractivity contribution >= 4 is 0 Å². The molecule has 2 rings (SSSR count). The van der Waals surface area contributed by atoms with Crippen molar-refractivity contribution < 1.29 is 17.6 Å². The number of nitrogens with zero attached hydrogens (tertiary/aromatic N) is 4. The Kier molecular flexibility index (Phi) is 2.44. The fourth-order valence-electron chi connectivity index (χ4n) is 1.28. The third-order valence-electron chi connectivity index (χ3n) is 2.27. The molecule has 0 atom stereocenters. The maximum absolute atomic E-state index is 12.3. The summed E-state index contributed by atoms with van der Waals surface area (Å²) in [5, 5.41) is 10.3. The molecule has 0 saturated carbocycles. The zero-order chi connectivity index (χ0) is 12.7. The molecule has 0 aromatic carbocycles. The van der Waals surface area contributed by atoms with Crippen LogP contribution in [0.15, 0.2) is 22.9 Å². The van der Waals surface area contributed by atoms with Crippen LogP contribution in [0, 0.1) is 0 Å². The summed E-state index contributed by atoms with van der Waals surface area (Å²) in [4.78, 5) is 0. The second-order valence-electron chi connectivity index (χ2n) is 3.92. The van der Waals surface area contributed by atoms with Gasteiger partial charge in [-0.2, -0.15) is 18.3 Å². The van der Waals surface area contributed by atoms with E-state index in [1.807, 2.05) is 0 Å². The molecule has 0 N–H and O–H groups in total. The highest BCUT2D eigenvalue weighted by molar-refractivity contribution is 5.02. The summed E-state index contributed by atoms with van der Waals surface area (Å²) in [6, 6.07) is 1.66. The summed E-state index contributed by atoms with van der Waals surface area (Å²) in [5.41, 5.74) is -0.931. The molecular weight excluding hydrogens is 237 g/mol. The third-order valence-corrected chi connectivity index (χ3v) is 2.27. The van der Waals surface area contributed by atoms with Gasteiger partial charge in [-0.05, 0) is 19.9 Å². The van der Waals surface area contributed by atoms with Crippen molar-refractivity contribution in [2.24, 2.45) is 0 Å². The zero-order valence-electron chi connectivity index (χ0n) is 9.06. The minimum Gasteiger partial charge on any atom is -0.415 e.